The number of methoxy groups -OCH3 is 1. The Morgan fingerprint density at radius 1 is 1.11 bits per heavy atom. The van der Waals surface area contributed by atoms with Gasteiger partial charge in [0.05, 0.1) is 18.8 Å². The summed E-state index contributed by atoms with van der Waals surface area (Å²) in [6, 6.07) is 18.3. The van der Waals surface area contributed by atoms with Crippen LogP contribution in [0.2, 0.25) is 0 Å². The van der Waals surface area contributed by atoms with Gasteiger partial charge in [-0.3, -0.25) is 4.79 Å². The molecule has 2 aromatic rings. The minimum absolute atomic E-state index is 0.0855. The third-order valence-corrected chi connectivity index (χ3v) is 5.25. The second-order valence-corrected chi connectivity index (χ2v) is 7.77. The molecule has 0 unspecified atom stereocenters. The van der Waals surface area contributed by atoms with Gasteiger partial charge >= 0.3 is 0 Å². The maximum atomic E-state index is 12.8. The quantitative estimate of drug-likeness (QED) is 0.776. The van der Waals surface area contributed by atoms with Gasteiger partial charge in [0.2, 0.25) is 5.91 Å². The second-order valence-electron chi connectivity index (χ2n) is 7.77. The van der Waals surface area contributed by atoms with Gasteiger partial charge in [-0.2, -0.15) is 0 Å². The van der Waals surface area contributed by atoms with Crippen molar-refractivity contribution < 1.29 is 14.3 Å². The Hall–Kier alpha value is -2.33. The lowest BCUT2D eigenvalue weighted by molar-refractivity contribution is -0.140. The topological polar surface area (TPSA) is 38.8 Å². The molecule has 1 saturated heterocycles. The third-order valence-electron chi connectivity index (χ3n) is 5.25. The van der Waals surface area contributed by atoms with Crippen LogP contribution in [0.4, 0.5) is 0 Å². The number of rotatable bonds is 5. The Morgan fingerprint density at radius 2 is 1.74 bits per heavy atom. The summed E-state index contributed by atoms with van der Waals surface area (Å²) in [5.74, 6) is 0.898. The zero-order valence-electron chi connectivity index (χ0n) is 16.6. The fourth-order valence-electron chi connectivity index (χ4n) is 4.02. The summed E-state index contributed by atoms with van der Waals surface area (Å²) in [5.41, 5.74) is 1.97. The smallest absolute Gasteiger partial charge is 0.220 e. The van der Waals surface area contributed by atoms with Gasteiger partial charge in [-0.15, -0.1) is 0 Å². The Labute approximate surface area is 162 Å². The van der Waals surface area contributed by atoms with Gasteiger partial charge in [0.15, 0.2) is 0 Å². The average molecular weight is 367 g/mol. The highest BCUT2D eigenvalue weighted by Gasteiger charge is 2.37. The molecule has 0 aromatic heterocycles. The number of ether oxygens (including phenoxy) is 2. The molecule has 0 spiro atoms. The van der Waals surface area contributed by atoms with Crippen molar-refractivity contribution in [2.45, 2.75) is 51.3 Å². The molecule has 4 heteroatoms. The Kier molecular flexibility index (Phi) is 5.85. The van der Waals surface area contributed by atoms with Crippen molar-refractivity contribution in [2.24, 2.45) is 0 Å². The fraction of sp³-hybridized carbons (Fsp3) is 0.435. The highest BCUT2D eigenvalue weighted by molar-refractivity contribution is 5.75. The Morgan fingerprint density at radius 3 is 2.30 bits per heavy atom. The highest BCUT2D eigenvalue weighted by atomic mass is 16.5. The molecule has 2 aromatic carbocycles. The summed E-state index contributed by atoms with van der Waals surface area (Å²) in [5, 5.41) is 0. The van der Waals surface area contributed by atoms with Crippen molar-refractivity contribution >= 4 is 5.91 Å². The van der Waals surface area contributed by atoms with E-state index in [4.69, 9.17) is 9.47 Å². The summed E-state index contributed by atoms with van der Waals surface area (Å²) in [7, 11) is 1.66. The maximum Gasteiger partial charge on any atom is 0.220 e. The molecule has 1 fully saturated rings. The molecule has 0 bridgehead atoms. The van der Waals surface area contributed by atoms with Gasteiger partial charge in [-0.05, 0) is 49.9 Å². The van der Waals surface area contributed by atoms with Crippen LogP contribution >= 0.6 is 0 Å². The van der Waals surface area contributed by atoms with Crippen LogP contribution < -0.4 is 4.74 Å². The monoisotopic (exact) mass is 367 g/mol. The van der Waals surface area contributed by atoms with Crippen molar-refractivity contribution in [2.75, 3.05) is 13.7 Å². The summed E-state index contributed by atoms with van der Waals surface area (Å²) >= 11 is 0. The molecular formula is C23H29NO3. The van der Waals surface area contributed by atoms with Crippen molar-refractivity contribution in [1.82, 2.24) is 4.90 Å². The molecule has 0 N–H and O–H groups in total. The molecule has 2 atom stereocenters. The van der Waals surface area contributed by atoms with Crippen molar-refractivity contribution in [3.63, 3.8) is 0 Å². The van der Waals surface area contributed by atoms with E-state index in [0.717, 1.165) is 29.7 Å². The molecule has 1 aliphatic heterocycles. The molecule has 0 radical (unpaired) electrons. The number of nitrogens with zero attached hydrogens (tertiary/aromatic N) is 1. The Balaban J connectivity index is 2.04. The maximum absolute atomic E-state index is 12.8. The van der Waals surface area contributed by atoms with E-state index in [2.05, 4.69) is 38.1 Å². The van der Waals surface area contributed by atoms with Crippen molar-refractivity contribution in [1.29, 1.82) is 0 Å². The third kappa shape index (κ3) is 4.51. The number of carbonyl (C=O) groups is 1. The SMILES string of the molecule is COc1ccc([C@H](c2ccccc2)N(C(C)=O)[C@@H]2CCOC(C)(C)C2)cc1. The van der Waals surface area contributed by atoms with Gasteiger partial charge in [0, 0.05) is 19.6 Å². The number of benzene rings is 2. The van der Waals surface area contributed by atoms with Crippen LogP contribution in [0.3, 0.4) is 0 Å². The first-order valence-electron chi connectivity index (χ1n) is 9.53. The molecule has 144 valence electrons. The first kappa shape index (κ1) is 19.4. The lowest BCUT2D eigenvalue weighted by Gasteiger charge is -2.44. The summed E-state index contributed by atoms with van der Waals surface area (Å²) in [6.45, 7) is 6.54. The first-order chi connectivity index (χ1) is 12.9. The van der Waals surface area contributed by atoms with Crippen LogP contribution in [0.1, 0.15) is 50.8 Å². The van der Waals surface area contributed by atoms with Gasteiger partial charge < -0.3 is 14.4 Å². The van der Waals surface area contributed by atoms with Gasteiger partial charge in [0.1, 0.15) is 5.75 Å². The van der Waals surface area contributed by atoms with Crippen LogP contribution in [-0.2, 0) is 9.53 Å². The molecule has 0 saturated carbocycles. The molecule has 1 heterocycles. The highest BCUT2D eigenvalue weighted by Crippen LogP contribution is 2.36. The van der Waals surface area contributed by atoms with Crippen molar-refractivity contribution in [3.8, 4) is 5.75 Å². The lowest BCUT2D eigenvalue weighted by Crippen LogP contribution is -2.49. The van der Waals surface area contributed by atoms with E-state index in [1.165, 1.54) is 0 Å². The van der Waals surface area contributed by atoms with Crippen LogP contribution in [0.5, 0.6) is 5.75 Å². The number of hydrogen-bond donors (Lipinski definition) is 0. The van der Waals surface area contributed by atoms with Crippen LogP contribution in [0, 0.1) is 0 Å². The van der Waals surface area contributed by atoms with E-state index in [1.807, 2.05) is 35.2 Å². The zero-order valence-corrected chi connectivity index (χ0v) is 16.6. The van der Waals surface area contributed by atoms with E-state index >= 15 is 0 Å². The normalized spacial score (nSPS) is 19.9. The summed E-state index contributed by atoms with van der Waals surface area (Å²) < 4.78 is 11.2. The zero-order chi connectivity index (χ0) is 19.4. The van der Waals surface area contributed by atoms with Gasteiger partial charge in [-0.1, -0.05) is 42.5 Å². The fourth-order valence-corrected chi connectivity index (χ4v) is 4.02. The van der Waals surface area contributed by atoms with E-state index in [1.54, 1.807) is 14.0 Å². The molecular weight excluding hydrogens is 338 g/mol. The Bertz CT molecular complexity index is 755. The molecule has 1 aliphatic rings. The van der Waals surface area contributed by atoms with Crippen LogP contribution in [0.25, 0.3) is 0 Å². The first-order valence-corrected chi connectivity index (χ1v) is 9.53. The number of hydrogen-bond acceptors (Lipinski definition) is 3. The molecule has 4 nitrogen and oxygen atoms in total. The molecule has 27 heavy (non-hydrogen) atoms. The van der Waals surface area contributed by atoms with Gasteiger partial charge in [-0.25, -0.2) is 0 Å². The standard InChI is InChI=1S/C23H29NO3/c1-17(25)24(20-14-15-27-23(2,3)16-20)22(18-8-6-5-7-9-18)19-10-12-21(26-4)13-11-19/h5-13,20,22H,14-16H2,1-4H3/t20-,22+/m1/s1. The average Bonchev–Trinajstić information content (AvgIpc) is 2.65. The van der Waals surface area contributed by atoms with E-state index < -0.39 is 0 Å². The second kappa shape index (κ2) is 8.13. The number of carbonyl (C=O) groups excluding carboxylic acids is 1. The number of amides is 1. The lowest BCUT2D eigenvalue weighted by atomic mass is 9.89. The molecule has 1 amide bonds. The van der Waals surface area contributed by atoms with E-state index in [-0.39, 0.29) is 23.6 Å². The van der Waals surface area contributed by atoms with Gasteiger partial charge in [0.25, 0.3) is 0 Å². The van der Waals surface area contributed by atoms with Crippen LogP contribution in [-0.4, -0.2) is 36.2 Å². The predicted octanol–water partition coefficient (Wildman–Crippen LogP) is 4.59. The molecule has 3 rings (SSSR count). The minimum atomic E-state index is -0.224. The largest absolute Gasteiger partial charge is 0.497 e. The van der Waals surface area contributed by atoms with Crippen LogP contribution in [0.15, 0.2) is 54.6 Å². The summed E-state index contributed by atoms with van der Waals surface area (Å²) in [6.07, 6.45) is 1.68. The minimum Gasteiger partial charge on any atom is -0.497 e. The van der Waals surface area contributed by atoms with E-state index in [0.29, 0.717) is 6.61 Å². The van der Waals surface area contributed by atoms with E-state index in [9.17, 15) is 4.79 Å². The predicted molar refractivity (Wildman–Crippen MR) is 107 cm³/mol. The molecule has 0 aliphatic carbocycles. The summed E-state index contributed by atoms with van der Waals surface area (Å²) in [4.78, 5) is 14.9. The van der Waals surface area contributed by atoms with Crippen molar-refractivity contribution in [3.05, 3.63) is 65.7 Å².